The molecular weight excluding hydrogens is 340 g/mol. The van der Waals surface area contributed by atoms with E-state index in [-0.39, 0.29) is 18.1 Å². The number of carbonyl (C=O) groups excluding carboxylic acids is 1. The van der Waals surface area contributed by atoms with Crippen LogP contribution in [0.2, 0.25) is 0 Å². The van der Waals surface area contributed by atoms with E-state index in [0.717, 1.165) is 16.8 Å². The van der Waals surface area contributed by atoms with E-state index in [1.54, 1.807) is 12.1 Å². The van der Waals surface area contributed by atoms with Gasteiger partial charge in [0.15, 0.2) is 16.6 Å². The van der Waals surface area contributed by atoms with E-state index < -0.39 is 5.91 Å². The van der Waals surface area contributed by atoms with Crippen molar-refractivity contribution in [1.29, 1.82) is 0 Å². The van der Waals surface area contributed by atoms with Crippen molar-refractivity contribution in [1.82, 2.24) is 4.98 Å². The monoisotopic (exact) mass is 354 g/mol. The fraction of sp³-hybridized carbons (Fsp3) is 0.111. The van der Waals surface area contributed by atoms with Gasteiger partial charge in [0.05, 0.1) is 11.3 Å². The number of amides is 1. The van der Waals surface area contributed by atoms with Crippen molar-refractivity contribution >= 4 is 22.4 Å². The fourth-order valence-corrected chi connectivity index (χ4v) is 3.23. The van der Waals surface area contributed by atoms with Gasteiger partial charge in [-0.1, -0.05) is 11.6 Å². The van der Waals surface area contributed by atoms with E-state index in [2.05, 4.69) is 10.3 Å². The van der Waals surface area contributed by atoms with Crippen molar-refractivity contribution in [2.24, 2.45) is 0 Å². The molecule has 1 aromatic heterocycles. The summed E-state index contributed by atoms with van der Waals surface area (Å²) in [5, 5.41) is 14.9. The molecule has 2 heterocycles. The van der Waals surface area contributed by atoms with Crippen LogP contribution < -0.4 is 14.8 Å². The van der Waals surface area contributed by atoms with Crippen molar-refractivity contribution < 1.29 is 19.4 Å². The van der Waals surface area contributed by atoms with Gasteiger partial charge in [0.2, 0.25) is 6.79 Å². The third kappa shape index (κ3) is 3.01. The molecule has 0 fully saturated rings. The average molecular weight is 354 g/mol. The van der Waals surface area contributed by atoms with Crippen molar-refractivity contribution in [2.45, 2.75) is 6.92 Å². The fourth-order valence-electron chi connectivity index (χ4n) is 2.52. The Balaban J connectivity index is 1.55. The minimum Gasteiger partial charge on any atom is -0.507 e. The number of aryl methyl sites for hydroxylation is 1. The summed E-state index contributed by atoms with van der Waals surface area (Å²) in [5.41, 5.74) is 2.72. The first kappa shape index (κ1) is 15.5. The van der Waals surface area contributed by atoms with Gasteiger partial charge in [0.25, 0.3) is 5.91 Å². The number of phenolic OH excluding ortho intramolecular Hbond substituents is 1. The average Bonchev–Trinajstić information content (AvgIpc) is 3.25. The molecule has 0 aliphatic carbocycles. The lowest BCUT2D eigenvalue weighted by molar-refractivity contribution is 0.102. The molecular formula is C18H14N2O4S. The highest BCUT2D eigenvalue weighted by atomic mass is 32.1. The minimum absolute atomic E-state index is 0.0596. The topological polar surface area (TPSA) is 80.7 Å². The first-order chi connectivity index (χ1) is 12.1. The van der Waals surface area contributed by atoms with Gasteiger partial charge in [-0.15, -0.1) is 11.3 Å². The number of aromatic hydroxyl groups is 1. The molecule has 6 nitrogen and oxygen atoms in total. The first-order valence-corrected chi connectivity index (χ1v) is 8.44. The van der Waals surface area contributed by atoms with Crippen molar-refractivity contribution in [3.63, 3.8) is 0 Å². The van der Waals surface area contributed by atoms with Gasteiger partial charge in [0.1, 0.15) is 5.75 Å². The molecule has 2 N–H and O–H groups in total. The van der Waals surface area contributed by atoms with E-state index >= 15 is 0 Å². The standard InChI is InChI=1S/C18H14N2O4S/c1-10-2-4-14(21)12(6-10)17(22)20-18-19-13(8-25-18)11-3-5-15-16(7-11)24-9-23-15/h2-8,21H,9H2,1H3,(H,19,20,22). The normalized spacial score (nSPS) is 12.2. The van der Waals surface area contributed by atoms with Crippen molar-refractivity contribution in [3.05, 3.63) is 52.9 Å². The summed E-state index contributed by atoms with van der Waals surface area (Å²) in [4.78, 5) is 16.8. The van der Waals surface area contributed by atoms with Crippen molar-refractivity contribution in [3.8, 4) is 28.5 Å². The Labute approximate surface area is 147 Å². The highest BCUT2D eigenvalue weighted by molar-refractivity contribution is 7.14. The Hall–Kier alpha value is -3.06. The highest BCUT2D eigenvalue weighted by Crippen LogP contribution is 2.36. The third-order valence-corrected chi connectivity index (χ3v) is 4.55. The van der Waals surface area contributed by atoms with Gasteiger partial charge in [-0.05, 0) is 37.3 Å². The van der Waals surface area contributed by atoms with Gasteiger partial charge in [0, 0.05) is 10.9 Å². The predicted octanol–water partition coefficient (Wildman–Crippen LogP) is 3.81. The summed E-state index contributed by atoms with van der Waals surface area (Å²) in [5.74, 6) is 0.937. The second kappa shape index (κ2) is 6.10. The lowest BCUT2D eigenvalue weighted by atomic mass is 10.1. The molecule has 25 heavy (non-hydrogen) atoms. The number of benzene rings is 2. The molecule has 3 aromatic rings. The lowest BCUT2D eigenvalue weighted by Gasteiger charge is -2.05. The summed E-state index contributed by atoms with van der Waals surface area (Å²) in [6.45, 7) is 2.08. The molecule has 0 saturated carbocycles. The zero-order chi connectivity index (χ0) is 17.4. The molecule has 0 radical (unpaired) electrons. The molecule has 0 atom stereocenters. The van der Waals surface area contributed by atoms with Crippen LogP contribution in [0.3, 0.4) is 0 Å². The summed E-state index contributed by atoms with van der Waals surface area (Å²) >= 11 is 1.31. The van der Waals surface area contributed by atoms with Gasteiger partial charge in [-0.25, -0.2) is 4.98 Å². The van der Waals surface area contributed by atoms with Gasteiger partial charge < -0.3 is 14.6 Å². The first-order valence-electron chi connectivity index (χ1n) is 7.57. The summed E-state index contributed by atoms with van der Waals surface area (Å²) in [7, 11) is 0. The SMILES string of the molecule is Cc1ccc(O)c(C(=O)Nc2nc(-c3ccc4c(c3)OCO4)cs2)c1. The van der Waals surface area contributed by atoms with Crippen molar-refractivity contribution in [2.75, 3.05) is 12.1 Å². The van der Waals surface area contributed by atoms with Crippen LogP contribution in [-0.4, -0.2) is 22.8 Å². The number of aromatic nitrogens is 1. The van der Waals surface area contributed by atoms with Crippen LogP contribution >= 0.6 is 11.3 Å². The van der Waals surface area contributed by atoms with Crippen LogP contribution in [0, 0.1) is 6.92 Å². The number of fused-ring (bicyclic) bond motifs is 1. The molecule has 0 saturated heterocycles. The Kier molecular flexibility index (Phi) is 3.77. The third-order valence-electron chi connectivity index (χ3n) is 3.79. The maximum Gasteiger partial charge on any atom is 0.261 e. The largest absolute Gasteiger partial charge is 0.507 e. The Morgan fingerprint density at radius 1 is 1.20 bits per heavy atom. The van der Waals surface area contributed by atoms with Crippen LogP contribution in [-0.2, 0) is 0 Å². The molecule has 1 aliphatic rings. The highest BCUT2D eigenvalue weighted by Gasteiger charge is 2.16. The zero-order valence-corrected chi connectivity index (χ0v) is 14.1. The van der Waals surface area contributed by atoms with E-state index in [1.807, 2.05) is 30.5 Å². The summed E-state index contributed by atoms with van der Waals surface area (Å²) in [6.07, 6.45) is 0. The summed E-state index contributed by atoms with van der Waals surface area (Å²) < 4.78 is 10.7. The molecule has 1 aliphatic heterocycles. The van der Waals surface area contributed by atoms with Crippen LogP contribution in [0.15, 0.2) is 41.8 Å². The summed E-state index contributed by atoms with van der Waals surface area (Å²) in [6, 6.07) is 10.5. The molecule has 126 valence electrons. The predicted molar refractivity (Wildman–Crippen MR) is 94.5 cm³/mol. The Morgan fingerprint density at radius 2 is 2.04 bits per heavy atom. The quantitative estimate of drug-likeness (QED) is 0.748. The van der Waals surface area contributed by atoms with Crippen LogP contribution in [0.4, 0.5) is 5.13 Å². The number of carbonyl (C=O) groups is 1. The van der Waals surface area contributed by atoms with Gasteiger partial charge in [-0.3, -0.25) is 10.1 Å². The minimum atomic E-state index is -0.396. The smallest absolute Gasteiger partial charge is 0.261 e. The number of hydrogen-bond donors (Lipinski definition) is 2. The number of thiazole rings is 1. The van der Waals surface area contributed by atoms with Crippen LogP contribution in [0.25, 0.3) is 11.3 Å². The number of nitrogens with zero attached hydrogens (tertiary/aromatic N) is 1. The van der Waals surface area contributed by atoms with Crippen LogP contribution in [0.5, 0.6) is 17.2 Å². The maximum absolute atomic E-state index is 12.3. The maximum atomic E-state index is 12.3. The van der Waals surface area contributed by atoms with Crippen LogP contribution in [0.1, 0.15) is 15.9 Å². The van der Waals surface area contributed by atoms with Gasteiger partial charge >= 0.3 is 0 Å². The van der Waals surface area contributed by atoms with E-state index in [9.17, 15) is 9.90 Å². The molecule has 7 heteroatoms. The van der Waals surface area contributed by atoms with Gasteiger partial charge in [-0.2, -0.15) is 0 Å². The number of ether oxygens (including phenoxy) is 2. The number of anilines is 1. The number of nitrogens with one attached hydrogen (secondary N) is 1. The molecule has 0 unspecified atom stereocenters. The lowest BCUT2D eigenvalue weighted by Crippen LogP contribution is -2.12. The molecule has 4 rings (SSSR count). The second-order valence-electron chi connectivity index (χ2n) is 5.58. The zero-order valence-electron chi connectivity index (χ0n) is 13.3. The Morgan fingerprint density at radius 3 is 2.92 bits per heavy atom. The number of phenols is 1. The molecule has 0 spiro atoms. The second-order valence-corrected chi connectivity index (χ2v) is 6.44. The van der Waals surface area contributed by atoms with E-state index in [1.165, 1.54) is 17.4 Å². The molecule has 2 aromatic carbocycles. The molecule has 1 amide bonds. The van der Waals surface area contributed by atoms with E-state index in [4.69, 9.17) is 9.47 Å². The molecule has 0 bridgehead atoms. The number of hydrogen-bond acceptors (Lipinski definition) is 6. The Bertz CT molecular complexity index is 967. The van der Waals surface area contributed by atoms with E-state index in [0.29, 0.717) is 16.6 Å². The number of rotatable bonds is 3.